The van der Waals surface area contributed by atoms with E-state index in [0.717, 1.165) is 37.4 Å². The summed E-state index contributed by atoms with van der Waals surface area (Å²) >= 11 is 0. The minimum Gasteiger partial charge on any atom is -0.460 e. The molecule has 1 aliphatic rings. The third-order valence-corrected chi connectivity index (χ3v) is 3.52. The first kappa shape index (κ1) is 21.0. The fraction of sp³-hybridized carbons (Fsp3) is 0.600. The van der Waals surface area contributed by atoms with E-state index >= 15 is 0 Å². The maximum absolute atomic E-state index is 11.9. The van der Waals surface area contributed by atoms with E-state index in [2.05, 4.69) is 26.1 Å². The number of hydrogen-bond donors (Lipinski definition) is 1. The first-order chi connectivity index (χ1) is 12.0. The number of hydrogen-bond acceptors (Lipinski definition) is 3. The van der Waals surface area contributed by atoms with Gasteiger partial charge in [-0.3, -0.25) is 4.79 Å². The smallest absolute Gasteiger partial charge is 0.325 e. The summed E-state index contributed by atoms with van der Waals surface area (Å²) in [7, 11) is 0. The molecule has 1 heterocycles. The number of likely N-dealkylation sites (tertiary alicyclic amines) is 1. The van der Waals surface area contributed by atoms with Crippen LogP contribution in [0, 0.1) is 5.92 Å². The molecule has 5 nitrogen and oxygen atoms in total. The normalized spacial score (nSPS) is 14.2. The summed E-state index contributed by atoms with van der Waals surface area (Å²) in [6.45, 7) is 8.19. The Morgan fingerprint density at radius 1 is 1.04 bits per heavy atom. The molecule has 0 unspecified atom stereocenters. The van der Waals surface area contributed by atoms with Crippen molar-refractivity contribution in [3.8, 4) is 0 Å². The fourth-order valence-electron chi connectivity index (χ4n) is 2.32. The van der Waals surface area contributed by atoms with Gasteiger partial charge in [-0.1, -0.05) is 63.9 Å². The lowest BCUT2D eigenvalue weighted by Crippen LogP contribution is -2.42. The number of rotatable bonds is 4. The minimum atomic E-state index is -0.415. The molecule has 25 heavy (non-hydrogen) atoms. The van der Waals surface area contributed by atoms with Crippen LogP contribution in [0.25, 0.3) is 0 Å². The van der Waals surface area contributed by atoms with E-state index < -0.39 is 5.97 Å². The average Bonchev–Trinajstić information content (AvgIpc) is 2.87. The van der Waals surface area contributed by atoms with Crippen LogP contribution in [0.15, 0.2) is 30.3 Å². The highest BCUT2D eigenvalue weighted by atomic mass is 16.5. The topological polar surface area (TPSA) is 58.6 Å². The molecule has 1 saturated heterocycles. The number of benzene rings is 1. The van der Waals surface area contributed by atoms with Crippen LogP contribution in [0.5, 0.6) is 0 Å². The van der Waals surface area contributed by atoms with Gasteiger partial charge >= 0.3 is 12.0 Å². The number of amides is 2. The number of esters is 1. The van der Waals surface area contributed by atoms with Gasteiger partial charge in [-0.05, 0) is 24.3 Å². The second kappa shape index (κ2) is 12.3. The van der Waals surface area contributed by atoms with Crippen LogP contribution < -0.4 is 5.32 Å². The Hall–Kier alpha value is -2.04. The number of ether oxygens (including phenoxy) is 1. The first-order valence-corrected chi connectivity index (χ1v) is 9.21. The fourth-order valence-corrected chi connectivity index (χ4v) is 2.32. The highest BCUT2D eigenvalue weighted by molar-refractivity contribution is 5.80. The van der Waals surface area contributed by atoms with Crippen LogP contribution in [0.3, 0.4) is 0 Å². The summed E-state index contributed by atoms with van der Waals surface area (Å²) < 4.78 is 5.12. The Morgan fingerprint density at radius 3 is 2.16 bits per heavy atom. The molecule has 1 aromatic carbocycles. The molecule has 0 aromatic heterocycles. The van der Waals surface area contributed by atoms with Crippen LogP contribution >= 0.6 is 0 Å². The van der Waals surface area contributed by atoms with Crippen LogP contribution in [0.4, 0.5) is 4.79 Å². The molecule has 1 aromatic rings. The highest BCUT2D eigenvalue weighted by Crippen LogP contribution is 2.09. The van der Waals surface area contributed by atoms with Crippen molar-refractivity contribution >= 4 is 12.0 Å². The van der Waals surface area contributed by atoms with Crippen molar-refractivity contribution in [2.45, 2.75) is 53.1 Å². The second-order valence-corrected chi connectivity index (χ2v) is 6.94. The van der Waals surface area contributed by atoms with Crippen molar-refractivity contribution in [1.29, 1.82) is 0 Å². The largest absolute Gasteiger partial charge is 0.460 e. The molecule has 140 valence electrons. The number of urea groups is 1. The zero-order valence-corrected chi connectivity index (χ0v) is 15.8. The average molecular weight is 348 g/mol. The number of carbonyl (C=O) groups excluding carboxylic acids is 2. The van der Waals surface area contributed by atoms with Crippen LogP contribution in [-0.4, -0.2) is 36.5 Å². The Labute approximate surface area is 151 Å². The molecule has 0 radical (unpaired) electrons. The number of nitrogens with zero attached hydrogens (tertiary/aromatic N) is 1. The molecule has 1 aliphatic heterocycles. The number of carbonyl (C=O) groups is 2. The van der Waals surface area contributed by atoms with Gasteiger partial charge in [0.2, 0.25) is 0 Å². The molecule has 0 spiro atoms. The van der Waals surface area contributed by atoms with E-state index in [4.69, 9.17) is 4.74 Å². The standard InChI is InChI=1S/C16H22N2O3.C4H10/c19-15(21-13-14-8-4-3-5-9-14)12-17-16(20)18-10-6-1-2-7-11-18;1-4(2)3/h3-5,8-9H,1-2,6-7,10-13H2,(H,17,20);4H,1-3H3. The lowest BCUT2D eigenvalue weighted by atomic mass is 10.2. The molecule has 0 bridgehead atoms. The van der Waals surface area contributed by atoms with Crippen molar-refractivity contribution in [3.63, 3.8) is 0 Å². The summed E-state index contributed by atoms with van der Waals surface area (Å²) in [4.78, 5) is 25.3. The van der Waals surface area contributed by atoms with Crippen molar-refractivity contribution in [3.05, 3.63) is 35.9 Å². The third kappa shape index (κ3) is 10.4. The van der Waals surface area contributed by atoms with Gasteiger partial charge in [0.1, 0.15) is 13.2 Å². The van der Waals surface area contributed by atoms with Crippen LogP contribution in [-0.2, 0) is 16.1 Å². The van der Waals surface area contributed by atoms with Gasteiger partial charge in [0.05, 0.1) is 0 Å². The van der Waals surface area contributed by atoms with E-state index in [1.807, 2.05) is 30.3 Å². The monoisotopic (exact) mass is 348 g/mol. The highest BCUT2D eigenvalue weighted by Gasteiger charge is 2.16. The summed E-state index contributed by atoms with van der Waals surface area (Å²) in [5.41, 5.74) is 0.935. The molecule has 2 rings (SSSR count). The summed E-state index contributed by atoms with van der Waals surface area (Å²) in [5.74, 6) is 0.419. The van der Waals surface area contributed by atoms with Crippen molar-refractivity contribution < 1.29 is 14.3 Å². The zero-order chi connectivity index (χ0) is 18.5. The van der Waals surface area contributed by atoms with E-state index in [1.54, 1.807) is 4.90 Å². The predicted octanol–water partition coefficient (Wildman–Crippen LogP) is 3.98. The Bertz CT molecular complexity index is 492. The maximum atomic E-state index is 11.9. The lowest BCUT2D eigenvalue weighted by molar-refractivity contribution is -0.143. The first-order valence-electron chi connectivity index (χ1n) is 9.21. The van der Waals surface area contributed by atoms with Crippen molar-refractivity contribution in [2.24, 2.45) is 5.92 Å². The van der Waals surface area contributed by atoms with Gasteiger partial charge in [-0.25, -0.2) is 4.79 Å². The van der Waals surface area contributed by atoms with Gasteiger partial charge in [0, 0.05) is 13.1 Å². The molecule has 0 aliphatic carbocycles. The van der Waals surface area contributed by atoms with E-state index in [9.17, 15) is 9.59 Å². The Balaban J connectivity index is 0.000000705. The molecule has 5 heteroatoms. The van der Waals surface area contributed by atoms with Crippen molar-refractivity contribution in [1.82, 2.24) is 10.2 Å². The van der Waals surface area contributed by atoms with Gasteiger partial charge in [-0.15, -0.1) is 0 Å². The molecule has 1 N–H and O–H groups in total. The predicted molar refractivity (Wildman–Crippen MR) is 100 cm³/mol. The SMILES string of the molecule is CC(C)C.O=C(CNC(=O)N1CCCCCC1)OCc1ccccc1. The molecular formula is C20H32N2O3. The maximum Gasteiger partial charge on any atom is 0.325 e. The molecule has 2 amide bonds. The van der Waals surface area contributed by atoms with Crippen LogP contribution in [0.1, 0.15) is 52.0 Å². The van der Waals surface area contributed by atoms with Gasteiger partial charge < -0.3 is 15.0 Å². The molecule has 0 saturated carbocycles. The molecule has 1 fully saturated rings. The van der Waals surface area contributed by atoms with Gasteiger partial charge in [0.15, 0.2) is 0 Å². The zero-order valence-electron chi connectivity index (χ0n) is 15.8. The lowest BCUT2D eigenvalue weighted by Gasteiger charge is -2.20. The summed E-state index contributed by atoms with van der Waals surface area (Å²) in [6, 6.07) is 9.31. The van der Waals surface area contributed by atoms with Crippen molar-refractivity contribution in [2.75, 3.05) is 19.6 Å². The van der Waals surface area contributed by atoms with E-state index in [1.165, 1.54) is 12.8 Å². The van der Waals surface area contributed by atoms with Gasteiger partial charge in [0.25, 0.3) is 0 Å². The Kier molecular flexibility index (Phi) is 10.4. The molecule has 0 atom stereocenters. The molecular weight excluding hydrogens is 316 g/mol. The Morgan fingerprint density at radius 2 is 1.60 bits per heavy atom. The minimum absolute atomic E-state index is 0.0812. The second-order valence-electron chi connectivity index (χ2n) is 6.94. The summed E-state index contributed by atoms with van der Waals surface area (Å²) in [6.07, 6.45) is 4.41. The van der Waals surface area contributed by atoms with Crippen LogP contribution in [0.2, 0.25) is 0 Å². The summed E-state index contributed by atoms with van der Waals surface area (Å²) in [5, 5.41) is 2.63. The third-order valence-electron chi connectivity index (χ3n) is 3.52. The quantitative estimate of drug-likeness (QED) is 0.837. The van der Waals surface area contributed by atoms with E-state index in [-0.39, 0.29) is 19.2 Å². The van der Waals surface area contributed by atoms with Gasteiger partial charge in [-0.2, -0.15) is 0 Å². The number of nitrogens with one attached hydrogen (secondary N) is 1. The van der Waals surface area contributed by atoms with E-state index in [0.29, 0.717) is 0 Å².